The highest BCUT2D eigenvalue weighted by atomic mass is 19.1. The number of carbonyl (C=O) groups excluding carboxylic acids is 1. The standard InChI is InChI=1S/C21H17F2N3O2/c1-26-17-11-24-16-9-15(22)13(12-2-3-18(23)25-10-12)8-14(16)19(17)21(20(26)27)4-6-28-7-5-21/h2-3,8-11H,4-7H2,1H3. The number of carbonyl (C=O) groups is 1. The fraction of sp³-hybridized carbons (Fsp3) is 0.286. The first-order valence-electron chi connectivity index (χ1n) is 9.12. The number of hydrogen-bond donors (Lipinski definition) is 0. The first kappa shape index (κ1) is 17.2. The minimum atomic E-state index is -0.681. The summed E-state index contributed by atoms with van der Waals surface area (Å²) in [5.41, 5.74) is 2.21. The summed E-state index contributed by atoms with van der Waals surface area (Å²) < 4.78 is 33.5. The minimum absolute atomic E-state index is 0.0226. The number of rotatable bonds is 1. The van der Waals surface area contributed by atoms with Crippen LogP contribution < -0.4 is 4.90 Å². The maximum Gasteiger partial charge on any atom is 0.237 e. The van der Waals surface area contributed by atoms with Crippen molar-refractivity contribution in [1.29, 1.82) is 0 Å². The maximum atomic E-state index is 14.8. The minimum Gasteiger partial charge on any atom is -0.381 e. The number of benzene rings is 1. The van der Waals surface area contributed by atoms with Gasteiger partial charge in [-0.15, -0.1) is 0 Å². The normalized spacial score (nSPS) is 18.1. The molecule has 2 aliphatic rings. The first-order valence-corrected chi connectivity index (χ1v) is 9.12. The van der Waals surface area contributed by atoms with Gasteiger partial charge in [0, 0.05) is 54.6 Å². The summed E-state index contributed by atoms with van der Waals surface area (Å²) in [6.07, 6.45) is 4.09. The second-order valence-electron chi connectivity index (χ2n) is 7.30. The van der Waals surface area contributed by atoms with Crippen LogP contribution in [-0.2, 0) is 14.9 Å². The molecule has 0 atom stereocenters. The van der Waals surface area contributed by atoms with E-state index in [1.54, 1.807) is 24.2 Å². The smallest absolute Gasteiger partial charge is 0.237 e. The average molecular weight is 381 g/mol. The Balaban J connectivity index is 1.80. The van der Waals surface area contributed by atoms with Gasteiger partial charge in [0.15, 0.2) is 0 Å². The highest BCUT2D eigenvalue weighted by Crippen LogP contribution is 2.50. The number of nitrogens with zero attached hydrogens (tertiary/aromatic N) is 3. The van der Waals surface area contributed by atoms with Crippen LogP contribution in [0.2, 0.25) is 0 Å². The van der Waals surface area contributed by atoms with Crippen molar-refractivity contribution < 1.29 is 18.3 Å². The van der Waals surface area contributed by atoms with Crippen LogP contribution in [-0.4, -0.2) is 36.1 Å². The average Bonchev–Trinajstić information content (AvgIpc) is 2.91. The molecule has 1 aromatic carbocycles. The zero-order valence-electron chi connectivity index (χ0n) is 15.2. The van der Waals surface area contributed by atoms with E-state index in [4.69, 9.17) is 4.74 Å². The third-order valence-electron chi connectivity index (χ3n) is 5.88. The van der Waals surface area contributed by atoms with Crippen LogP contribution in [0.15, 0.2) is 36.7 Å². The van der Waals surface area contributed by atoms with Crippen LogP contribution in [0.1, 0.15) is 18.4 Å². The molecule has 1 fully saturated rings. The molecule has 4 heterocycles. The molecule has 0 bridgehead atoms. The van der Waals surface area contributed by atoms with E-state index in [1.807, 2.05) is 0 Å². The highest BCUT2D eigenvalue weighted by Gasteiger charge is 2.51. The Kier molecular flexibility index (Phi) is 3.71. The molecule has 0 saturated carbocycles. The monoisotopic (exact) mass is 381 g/mol. The Bertz CT molecular complexity index is 1110. The highest BCUT2D eigenvalue weighted by molar-refractivity contribution is 6.12. The van der Waals surface area contributed by atoms with Gasteiger partial charge in [-0.2, -0.15) is 4.39 Å². The lowest BCUT2D eigenvalue weighted by Gasteiger charge is -2.32. The van der Waals surface area contributed by atoms with Gasteiger partial charge in [-0.3, -0.25) is 9.78 Å². The molecule has 0 unspecified atom stereocenters. The predicted octanol–water partition coefficient (Wildman–Crippen LogP) is 3.60. The van der Waals surface area contributed by atoms with E-state index >= 15 is 0 Å². The van der Waals surface area contributed by atoms with Crippen LogP contribution >= 0.6 is 0 Å². The van der Waals surface area contributed by atoms with Gasteiger partial charge in [-0.25, -0.2) is 9.37 Å². The van der Waals surface area contributed by atoms with Crippen molar-refractivity contribution in [2.45, 2.75) is 18.3 Å². The summed E-state index contributed by atoms with van der Waals surface area (Å²) in [4.78, 5) is 22.8. The molecule has 2 aromatic heterocycles. The zero-order valence-corrected chi connectivity index (χ0v) is 15.2. The van der Waals surface area contributed by atoms with E-state index in [9.17, 15) is 13.6 Å². The van der Waals surface area contributed by atoms with Gasteiger partial charge >= 0.3 is 0 Å². The molecule has 3 aromatic rings. The molecule has 1 amide bonds. The van der Waals surface area contributed by atoms with Crippen molar-refractivity contribution >= 4 is 22.5 Å². The fourth-order valence-corrected chi connectivity index (χ4v) is 4.44. The van der Waals surface area contributed by atoms with Crippen LogP contribution in [0.3, 0.4) is 0 Å². The summed E-state index contributed by atoms with van der Waals surface area (Å²) in [5.74, 6) is -1.07. The molecule has 1 saturated heterocycles. The second-order valence-corrected chi connectivity index (χ2v) is 7.30. The first-order chi connectivity index (χ1) is 13.5. The Hall–Kier alpha value is -2.93. The molecule has 5 rings (SSSR count). The topological polar surface area (TPSA) is 55.3 Å². The van der Waals surface area contributed by atoms with Gasteiger partial charge in [0.05, 0.1) is 22.8 Å². The second kappa shape index (κ2) is 6.04. The molecular weight excluding hydrogens is 364 g/mol. The molecule has 28 heavy (non-hydrogen) atoms. The SMILES string of the molecule is CN1C(=O)C2(CCOCC2)c2c1cnc1cc(F)c(-c3ccc(F)nc3)cc21. The molecule has 2 aliphatic heterocycles. The molecular formula is C21H17F2N3O2. The molecule has 5 nitrogen and oxygen atoms in total. The number of hydrogen-bond acceptors (Lipinski definition) is 4. The summed E-state index contributed by atoms with van der Waals surface area (Å²) in [6.45, 7) is 0.998. The third kappa shape index (κ3) is 2.29. The number of anilines is 1. The lowest BCUT2D eigenvalue weighted by atomic mass is 9.74. The quantitative estimate of drug-likeness (QED) is 0.605. The maximum absolute atomic E-state index is 14.8. The van der Waals surface area contributed by atoms with Gasteiger partial charge in [0.25, 0.3) is 0 Å². The number of amides is 1. The molecule has 142 valence electrons. The van der Waals surface area contributed by atoms with Crippen molar-refractivity contribution in [1.82, 2.24) is 9.97 Å². The van der Waals surface area contributed by atoms with Crippen molar-refractivity contribution in [2.24, 2.45) is 0 Å². The molecule has 0 aliphatic carbocycles. The van der Waals surface area contributed by atoms with Crippen molar-refractivity contribution in [3.8, 4) is 11.1 Å². The molecule has 7 heteroatoms. The van der Waals surface area contributed by atoms with E-state index in [0.29, 0.717) is 42.7 Å². The third-order valence-corrected chi connectivity index (χ3v) is 5.88. The van der Waals surface area contributed by atoms with Crippen molar-refractivity contribution in [3.05, 3.63) is 54.0 Å². The van der Waals surface area contributed by atoms with Gasteiger partial charge in [0.1, 0.15) is 5.82 Å². The van der Waals surface area contributed by atoms with E-state index in [2.05, 4.69) is 9.97 Å². The van der Waals surface area contributed by atoms with Crippen molar-refractivity contribution in [3.63, 3.8) is 0 Å². The van der Waals surface area contributed by atoms with Gasteiger partial charge in [-0.05, 0) is 31.0 Å². The Morgan fingerprint density at radius 2 is 1.89 bits per heavy atom. The summed E-state index contributed by atoms with van der Waals surface area (Å²) in [6, 6.07) is 5.76. The van der Waals surface area contributed by atoms with Gasteiger partial charge in [0.2, 0.25) is 11.9 Å². The Labute approximate surface area is 160 Å². The fourth-order valence-electron chi connectivity index (χ4n) is 4.44. The van der Waals surface area contributed by atoms with E-state index < -0.39 is 17.2 Å². The van der Waals surface area contributed by atoms with Gasteiger partial charge in [-0.1, -0.05) is 0 Å². The number of fused-ring (bicyclic) bond motifs is 4. The summed E-state index contributed by atoms with van der Waals surface area (Å²) >= 11 is 0. The largest absolute Gasteiger partial charge is 0.381 e. The van der Waals surface area contributed by atoms with Crippen LogP contribution in [0.4, 0.5) is 14.5 Å². The summed E-state index contributed by atoms with van der Waals surface area (Å²) in [7, 11) is 1.74. The van der Waals surface area contributed by atoms with E-state index in [0.717, 1.165) is 16.6 Å². The van der Waals surface area contributed by atoms with E-state index in [1.165, 1.54) is 24.4 Å². The summed E-state index contributed by atoms with van der Waals surface area (Å²) in [5, 5.41) is 0.734. The number of halogens is 2. The molecule has 1 spiro atoms. The zero-order chi connectivity index (χ0) is 19.5. The number of aromatic nitrogens is 2. The van der Waals surface area contributed by atoms with E-state index in [-0.39, 0.29) is 5.91 Å². The number of ether oxygens (including phenoxy) is 1. The van der Waals surface area contributed by atoms with Crippen LogP contribution in [0, 0.1) is 11.8 Å². The van der Waals surface area contributed by atoms with Crippen LogP contribution in [0.5, 0.6) is 0 Å². The lowest BCUT2D eigenvalue weighted by molar-refractivity contribution is -0.126. The predicted molar refractivity (Wildman–Crippen MR) is 100 cm³/mol. The van der Waals surface area contributed by atoms with Crippen molar-refractivity contribution in [2.75, 3.05) is 25.2 Å². The van der Waals surface area contributed by atoms with Crippen LogP contribution in [0.25, 0.3) is 22.0 Å². The number of pyridine rings is 2. The molecule has 0 N–H and O–H groups in total. The van der Waals surface area contributed by atoms with Gasteiger partial charge < -0.3 is 9.64 Å². The molecule has 0 radical (unpaired) electrons. The number of likely N-dealkylation sites (N-methyl/N-ethyl adjacent to an activating group) is 1. The lowest BCUT2D eigenvalue weighted by Crippen LogP contribution is -2.43. The Morgan fingerprint density at radius 1 is 1.11 bits per heavy atom. The Morgan fingerprint density at radius 3 is 2.61 bits per heavy atom.